The number of hydrogen-bond donors (Lipinski definition) is 0. The smallest absolute Gasteiger partial charge is 0.0546 e. The quantitative estimate of drug-likeness (QED) is 0.157. The molecule has 1 nitrogen and oxygen atoms in total. The van der Waals surface area contributed by atoms with Crippen LogP contribution in [-0.2, 0) is 5.41 Å². The second-order valence-electron chi connectivity index (χ2n) is 14.9. The first-order chi connectivity index (χ1) is 26.6. The zero-order chi connectivity index (χ0) is 36.2. The van der Waals surface area contributed by atoms with Crippen LogP contribution in [0.2, 0.25) is 0 Å². The van der Waals surface area contributed by atoms with E-state index in [1.807, 2.05) is 0 Å². The summed E-state index contributed by atoms with van der Waals surface area (Å²) < 4.78 is 0. The summed E-state index contributed by atoms with van der Waals surface area (Å²) in [6, 6.07) is 73.5. The highest BCUT2D eigenvalue weighted by molar-refractivity contribution is 6.15. The predicted octanol–water partition coefficient (Wildman–Crippen LogP) is 14.8. The Morgan fingerprint density at radius 3 is 1.70 bits per heavy atom. The maximum absolute atomic E-state index is 2.48. The van der Waals surface area contributed by atoms with E-state index >= 15 is 0 Å². The molecule has 0 spiro atoms. The summed E-state index contributed by atoms with van der Waals surface area (Å²) in [6.07, 6.45) is 0. The van der Waals surface area contributed by atoms with Crippen molar-refractivity contribution in [3.63, 3.8) is 0 Å². The molecule has 1 aliphatic carbocycles. The average molecular weight is 690 g/mol. The zero-order valence-electron chi connectivity index (χ0n) is 30.5. The van der Waals surface area contributed by atoms with Crippen molar-refractivity contribution in [2.75, 3.05) is 4.90 Å². The molecule has 0 atom stereocenters. The summed E-state index contributed by atoms with van der Waals surface area (Å²) in [5.41, 5.74) is 15.9. The molecule has 0 saturated heterocycles. The van der Waals surface area contributed by atoms with Gasteiger partial charge < -0.3 is 4.90 Å². The van der Waals surface area contributed by atoms with E-state index in [4.69, 9.17) is 0 Å². The minimum atomic E-state index is -0.126. The molecule has 0 saturated carbocycles. The largest absolute Gasteiger partial charge is 0.310 e. The second-order valence-corrected chi connectivity index (χ2v) is 14.9. The van der Waals surface area contributed by atoms with Crippen molar-refractivity contribution in [1.29, 1.82) is 0 Å². The summed E-state index contributed by atoms with van der Waals surface area (Å²) in [4.78, 5) is 2.48. The van der Waals surface area contributed by atoms with Gasteiger partial charge in [-0.3, -0.25) is 0 Å². The minimum absolute atomic E-state index is 0.126. The number of fused-ring (bicyclic) bond motifs is 6. The number of nitrogens with zero attached hydrogens (tertiary/aromatic N) is 1. The van der Waals surface area contributed by atoms with Crippen molar-refractivity contribution in [3.8, 4) is 44.5 Å². The third kappa shape index (κ3) is 5.16. The van der Waals surface area contributed by atoms with Gasteiger partial charge in [0.05, 0.1) is 5.69 Å². The van der Waals surface area contributed by atoms with E-state index in [1.54, 1.807) is 0 Å². The van der Waals surface area contributed by atoms with Crippen LogP contribution in [0.5, 0.6) is 0 Å². The molecule has 256 valence electrons. The van der Waals surface area contributed by atoms with E-state index in [1.165, 1.54) is 77.2 Å². The van der Waals surface area contributed by atoms with Crippen LogP contribution in [0.1, 0.15) is 25.0 Å². The first kappa shape index (κ1) is 32.0. The number of anilines is 3. The lowest BCUT2D eigenvalue weighted by Crippen LogP contribution is -2.17. The second kappa shape index (κ2) is 12.8. The fourth-order valence-electron chi connectivity index (χ4n) is 8.83. The molecule has 0 N–H and O–H groups in total. The van der Waals surface area contributed by atoms with Gasteiger partial charge in [0.15, 0.2) is 0 Å². The Bertz CT molecular complexity index is 2830. The lowest BCUT2D eigenvalue weighted by molar-refractivity contribution is 0.660. The van der Waals surface area contributed by atoms with Crippen LogP contribution < -0.4 is 4.90 Å². The molecule has 0 radical (unpaired) electrons. The molecule has 10 rings (SSSR count). The Balaban J connectivity index is 1.25. The molecule has 54 heavy (non-hydrogen) atoms. The summed E-state index contributed by atoms with van der Waals surface area (Å²) >= 11 is 0. The van der Waals surface area contributed by atoms with Gasteiger partial charge >= 0.3 is 0 Å². The normalized spacial score (nSPS) is 12.8. The van der Waals surface area contributed by atoms with Gasteiger partial charge in [-0.15, -0.1) is 0 Å². The molecule has 0 unspecified atom stereocenters. The Kier molecular flexibility index (Phi) is 7.56. The van der Waals surface area contributed by atoms with Crippen LogP contribution in [0.15, 0.2) is 200 Å². The van der Waals surface area contributed by atoms with E-state index < -0.39 is 0 Å². The van der Waals surface area contributed by atoms with Gasteiger partial charge in [-0.25, -0.2) is 0 Å². The van der Waals surface area contributed by atoms with Crippen LogP contribution in [0.4, 0.5) is 17.1 Å². The van der Waals surface area contributed by atoms with Gasteiger partial charge in [0.1, 0.15) is 0 Å². The Morgan fingerprint density at radius 1 is 0.352 bits per heavy atom. The predicted molar refractivity (Wildman–Crippen MR) is 230 cm³/mol. The van der Waals surface area contributed by atoms with Crippen LogP contribution in [0.25, 0.3) is 66.1 Å². The van der Waals surface area contributed by atoms with E-state index in [-0.39, 0.29) is 5.41 Å². The van der Waals surface area contributed by atoms with E-state index in [0.717, 1.165) is 17.1 Å². The van der Waals surface area contributed by atoms with Gasteiger partial charge in [-0.1, -0.05) is 178 Å². The van der Waals surface area contributed by atoms with Crippen LogP contribution in [0, 0.1) is 0 Å². The van der Waals surface area contributed by atoms with E-state index in [2.05, 4.69) is 219 Å². The van der Waals surface area contributed by atoms with Crippen LogP contribution in [0.3, 0.4) is 0 Å². The van der Waals surface area contributed by atoms with E-state index in [9.17, 15) is 0 Å². The molecule has 0 aliphatic heterocycles. The van der Waals surface area contributed by atoms with Gasteiger partial charge in [0.2, 0.25) is 0 Å². The highest BCUT2D eigenvalue weighted by Crippen LogP contribution is 2.52. The van der Waals surface area contributed by atoms with Crippen molar-refractivity contribution >= 4 is 38.6 Å². The summed E-state index contributed by atoms with van der Waals surface area (Å²) in [7, 11) is 0. The fourth-order valence-corrected chi connectivity index (χ4v) is 8.83. The lowest BCUT2D eigenvalue weighted by atomic mass is 9.82. The number of rotatable bonds is 6. The zero-order valence-corrected chi connectivity index (χ0v) is 30.5. The van der Waals surface area contributed by atoms with Crippen molar-refractivity contribution in [2.24, 2.45) is 0 Å². The molecule has 9 aromatic rings. The summed E-state index contributed by atoms with van der Waals surface area (Å²) in [5, 5.41) is 5.03. The summed E-state index contributed by atoms with van der Waals surface area (Å²) in [5.74, 6) is 0. The Morgan fingerprint density at radius 2 is 0.926 bits per heavy atom. The van der Waals surface area contributed by atoms with Crippen LogP contribution >= 0.6 is 0 Å². The van der Waals surface area contributed by atoms with Gasteiger partial charge in [0.25, 0.3) is 0 Å². The first-order valence-electron chi connectivity index (χ1n) is 18.9. The van der Waals surface area contributed by atoms with Crippen molar-refractivity contribution < 1.29 is 0 Å². The molecule has 1 heteroatoms. The minimum Gasteiger partial charge on any atom is -0.310 e. The molecule has 9 aromatic carbocycles. The molecule has 0 heterocycles. The van der Waals surface area contributed by atoms with Crippen molar-refractivity contribution in [3.05, 3.63) is 211 Å². The van der Waals surface area contributed by atoms with Crippen molar-refractivity contribution in [2.45, 2.75) is 19.3 Å². The molecular formula is C53H39N. The number of benzene rings is 9. The molecular weight excluding hydrogens is 651 g/mol. The SMILES string of the molecule is CC1(C)c2ccccc2-c2ccc(N(c3ccc(-c4ccccc4)cc3)c3cccc(-c4cc5ccccc5c5ccccc45)c3-c3ccccc3)cc21. The van der Waals surface area contributed by atoms with Gasteiger partial charge in [-0.2, -0.15) is 0 Å². The maximum Gasteiger partial charge on any atom is 0.0546 e. The van der Waals surface area contributed by atoms with Crippen LogP contribution in [-0.4, -0.2) is 0 Å². The maximum atomic E-state index is 2.48. The van der Waals surface area contributed by atoms with Gasteiger partial charge in [-0.05, 0) is 108 Å². The number of hydrogen-bond acceptors (Lipinski definition) is 1. The molecule has 0 aromatic heterocycles. The Labute approximate surface area is 317 Å². The van der Waals surface area contributed by atoms with Crippen molar-refractivity contribution in [1.82, 2.24) is 0 Å². The highest BCUT2D eigenvalue weighted by atomic mass is 15.1. The Hall–Kier alpha value is -6.70. The monoisotopic (exact) mass is 689 g/mol. The third-order valence-electron chi connectivity index (χ3n) is 11.5. The molecule has 1 aliphatic rings. The molecule has 0 amide bonds. The third-order valence-corrected chi connectivity index (χ3v) is 11.5. The van der Waals surface area contributed by atoms with E-state index in [0.29, 0.717) is 0 Å². The molecule has 0 fully saturated rings. The molecule has 0 bridgehead atoms. The lowest BCUT2D eigenvalue weighted by Gasteiger charge is -2.31. The van der Waals surface area contributed by atoms with Gasteiger partial charge in [0, 0.05) is 22.4 Å². The summed E-state index contributed by atoms with van der Waals surface area (Å²) in [6.45, 7) is 4.72. The highest BCUT2D eigenvalue weighted by Gasteiger charge is 2.36. The standard InChI is InChI=1S/C53H39N/c1-53(2)49-26-14-13-24-45(49)46-33-32-41(35-50(46)53)54(40-30-28-37(29-31-40)36-16-5-3-6-17-36)51-27-15-25-47(52(51)38-18-7-4-8-19-38)48-34-39-20-9-10-21-42(39)43-22-11-12-23-44(43)48/h3-35H,1-2H3. The topological polar surface area (TPSA) is 3.24 Å². The first-order valence-corrected chi connectivity index (χ1v) is 18.9. The average Bonchev–Trinajstić information content (AvgIpc) is 3.47. The fraction of sp³-hybridized carbons (Fsp3) is 0.0566.